The molecule has 0 aromatic rings. The molecule has 2 saturated carbocycles. The lowest BCUT2D eigenvalue weighted by atomic mass is 9.78. The molecule has 2 aliphatic carbocycles. The number of rotatable bonds is 6. The topological polar surface area (TPSA) is 47.3 Å². The predicted octanol–water partition coefficient (Wildman–Crippen LogP) is 1.91. The molecular weight excluding hydrogens is 212 g/mol. The van der Waals surface area contributed by atoms with E-state index in [1.54, 1.807) is 0 Å². The first kappa shape index (κ1) is 13.3. The fourth-order valence-electron chi connectivity index (χ4n) is 3.29. The minimum atomic E-state index is 0.522. The minimum absolute atomic E-state index is 0.522. The first-order valence-electron chi connectivity index (χ1n) is 7.38. The van der Waals surface area contributed by atoms with E-state index in [4.69, 9.17) is 10.5 Å². The molecule has 3 nitrogen and oxygen atoms in total. The molecule has 2 fully saturated rings. The van der Waals surface area contributed by atoms with Crippen molar-refractivity contribution in [1.29, 1.82) is 0 Å². The van der Waals surface area contributed by atoms with Gasteiger partial charge in [0.1, 0.15) is 0 Å². The highest BCUT2D eigenvalue weighted by Gasteiger charge is 2.31. The van der Waals surface area contributed by atoms with Crippen molar-refractivity contribution in [2.75, 3.05) is 19.7 Å². The zero-order chi connectivity index (χ0) is 12.1. The van der Waals surface area contributed by atoms with Crippen LogP contribution in [-0.2, 0) is 4.74 Å². The van der Waals surface area contributed by atoms with Crippen molar-refractivity contribution < 1.29 is 4.74 Å². The average Bonchev–Trinajstić information content (AvgIpc) is 2.32. The molecule has 17 heavy (non-hydrogen) atoms. The summed E-state index contributed by atoms with van der Waals surface area (Å²) in [5.74, 6) is 1.58. The maximum atomic E-state index is 5.86. The maximum Gasteiger partial charge on any atom is 0.0604 e. The molecule has 0 radical (unpaired) electrons. The van der Waals surface area contributed by atoms with Gasteiger partial charge >= 0.3 is 0 Å². The van der Waals surface area contributed by atoms with Crippen molar-refractivity contribution in [2.45, 2.75) is 57.6 Å². The van der Waals surface area contributed by atoms with Gasteiger partial charge in [-0.1, -0.05) is 12.8 Å². The molecular formula is C14H28N2O. The monoisotopic (exact) mass is 240 g/mol. The van der Waals surface area contributed by atoms with E-state index in [1.165, 1.54) is 45.1 Å². The Kier molecular flexibility index (Phi) is 5.26. The summed E-state index contributed by atoms with van der Waals surface area (Å²) in [4.78, 5) is 0. The molecule has 2 unspecified atom stereocenters. The van der Waals surface area contributed by atoms with E-state index in [-0.39, 0.29) is 0 Å². The summed E-state index contributed by atoms with van der Waals surface area (Å²) in [6, 6.07) is 0.701. The van der Waals surface area contributed by atoms with E-state index in [0.29, 0.717) is 12.1 Å². The normalized spacial score (nSPS) is 37.8. The third kappa shape index (κ3) is 3.67. The van der Waals surface area contributed by atoms with E-state index >= 15 is 0 Å². The minimum Gasteiger partial charge on any atom is -0.378 e. The van der Waals surface area contributed by atoms with Gasteiger partial charge in [-0.2, -0.15) is 0 Å². The van der Waals surface area contributed by atoms with Gasteiger partial charge in [0.05, 0.1) is 6.10 Å². The number of nitrogens with two attached hydrogens (primary N) is 1. The van der Waals surface area contributed by atoms with Crippen LogP contribution >= 0.6 is 0 Å². The van der Waals surface area contributed by atoms with Crippen molar-refractivity contribution in [1.82, 2.24) is 5.32 Å². The van der Waals surface area contributed by atoms with Gasteiger partial charge in [0, 0.05) is 12.6 Å². The third-order valence-electron chi connectivity index (χ3n) is 4.54. The van der Waals surface area contributed by atoms with Gasteiger partial charge in [-0.05, 0) is 57.5 Å². The Morgan fingerprint density at radius 2 is 1.88 bits per heavy atom. The van der Waals surface area contributed by atoms with Crippen molar-refractivity contribution >= 4 is 0 Å². The molecule has 0 amide bonds. The van der Waals surface area contributed by atoms with E-state index < -0.39 is 0 Å². The largest absolute Gasteiger partial charge is 0.378 e. The lowest BCUT2D eigenvalue weighted by molar-refractivity contribution is -0.0114. The lowest BCUT2D eigenvalue weighted by Crippen LogP contribution is -2.48. The SMILES string of the molecule is CCOC1CC(NCC2CCCCC2CN)C1. The summed E-state index contributed by atoms with van der Waals surface area (Å²) in [5.41, 5.74) is 5.86. The Morgan fingerprint density at radius 3 is 2.53 bits per heavy atom. The second-order valence-corrected chi connectivity index (χ2v) is 5.69. The number of hydrogen-bond donors (Lipinski definition) is 2. The van der Waals surface area contributed by atoms with Crippen LogP contribution in [0.25, 0.3) is 0 Å². The molecule has 3 N–H and O–H groups in total. The highest BCUT2D eigenvalue weighted by Crippen LogP contribution is 2.30. The molecule has 2 atom stereocenters. The summed E-state index contributed by atoms with van der Waals surface area (Å²) >= 11 is 0. The fraction of sp³-hybridized carbons (Fsp3) is 1.00. The first-order valence-corrected chi connectivity index (χ1v) is 7.38. The zero-order valence-electron chi connectivity index (χ0n) is 11.2. The van der Waals surface area contributed by atoms with Crippen LogP contribution < -0.4 is 11.1 Å². The molecule has 0 bridgehead atoms. The molecule has 0 heterocycles. The molecule has 2 aliphatic rings. The van der Waals surface area contributed by atoms with E-state index in [9.17, 15) is 0 Å². The molecule has 2 rings (SSSR count). The summed E-state index contributed by atoms with van der Waals surface area (Å²) in [7, 11) is 0. The Labute approximate surface area is 105 Å². The molecule has 0 aromatic carbocycles. The number of nitrogens with one attached hydrogen (secondary N) is 1. The van der Waals surface area contributed by atoms with Crippen molar-refractivity contribution in [3.05, 3.63) is 0 Å². The molecule has 0 aromatic heterocycles. The van der Waals surface area contributed by atoms with Crippen LogP contribution in [0.5, 0.6) is 0 Å². The summed E-state index contributed by atoms with van der Waals surface area (Å²) < 4.78 is 5.58. The van der Waals surface area contributed by atoms with Crippen LogP contribution in [0.3, 0.4) is 0 Å². The average molecular weight is 240 g/mol. The van der Waals surface area contributed by atoms with Gasteiger partial charge in [-0.25, -0.2) is 0 Å². The second-order valence-electron chi connectivity index (χ2n) is 5.69. The maximum absolute atomic E-state index is 5.86. The number of ether oxygens (including phenoxy) is 1. The summed E-state index contributed by atoms with van der Waals surface area (Å²) in [6.45, 7) is 4.98. The van der Waals surface area contributed by atoms with Crippen LogP contribution in [0, 0.1) is 11.8 Å². The Morgan fingerprint density at radius 1 is 1.18 bits per heavy atom. The lowest BCUT2D eigenvalue weighted by Gasteiger charge is -2.38. The third-order valence-corrected chi connectivity index (χ3v) is 4.54. The Bertz CT molecular complexity index is 216. The Balaban J connectivity index is 1.61. The summed E-state index contributed by atoms with van der Waals surface area (Å²) in [5, 5.41) is 3.71. The highest BCUT2D eigenvalue weighted by atomic mass is 16.5. The zero-order valence-corrected chi connectivity index (χ0v) is 11.2. The van der Waals surface area contributed by atoms with E-state index in [0.717, 1.165) is 25.0 Å². The molecule has 0 aliphatic heterocycles. The van der Waals surface area contributed by atoms with Gasteiger partial charge in [0.15, 0.2) is 0 Å². The second kappa shape index (κ2) is 6.72. The fourth-order valence-corrected chi connectivity index (χ4v) is 3.29. The van der Waals surface area contributed by atoms with Crippen LogP contribution in [0.2, 0.25) is 0 Å². The Hall–Kier alpha value is -0.120. The van der Waals surface area contributed by atoms with Gasteiger partial charge < -0.3 is 15.8 Å². The van der Waals surface area contributed by atoms with Crippen LogP contribution in [0.15, 0.2) is 0 Å². The molecule has 100 valence electrons. The van der Waals surface area contributed by atoms with E-state index in [1.807, 2.05) is 0 Å². The van der Waals surface area contributed by atoms with Gasteiger partial charge in [-0.3, -0.25) is 0 Å². The predicted molar refractivity (Wildman–Crippen MR) is 70.9 cm³/mol. The van der Waals surface area contributed by atoms with Crippen molar-refractivity contribution in [2.24, 2.45) is 17.6 Å². The summed E-state index contributed by atoms with van der Waals surface area (Å²) in [6.07, 6.45) is 8.42. The van der Waals surface area contributed by atoms with E-state index in [2.05, 4.69) is 12.2 Å². The quantitative estimate of drug-likeness (QED) is 0.745. The standard InChI is InChI=1S/C14H28N2O/c1-2-17-14-7-13(8-14)16-10-12-6-4-3-5-11(12)9-15/h11-14,16H,2-10,15H2,1H3. The van der Waals surface area contributed by atoms with Crippen LogP contribution in [0.4, 0.5) is 0 Å². The van der Waals surface area contributed by atoms with Crippen molar-refractivity contribution in [3.8, 4) is 0 Å². The van der Waals surface area contributed by atoms with Gasteiger partial charge in [0.2, 0.25) is 0 Å². The van der Waals surface area contributed by atoms with Gasteiger partial charge in [0.25, 0.3) is 0 Å². The smallest absolute Gasteiger partial charge is 0.0604 e. The molecule has 3 heteroatoms. The number of hydrogen-bond acceptors (Lipinski definition) is 3. The molecule has 0 spiro atoms. The first-order chi connectivity index (χ1) is 8.33. The highest BCUT2D eigenvalue weighted by molar-refractivity contribution is 4.87. The molecule has 0 saturated heterocycles. The van der Waals surface area contributed by atoms with Crippen LogP contribution in [0.1, 0.15) is 45.4 Å². The van der Waals surface area contributed by atoms with Gasteiger partial charge in [-0.15, -0.1) is 0 Å². The van der Waals surface area contributed by atoms with Crippen molar-refractivity contribution in [3.63, 3.8) is 0 Å². The van der Waals surface area contributed by atoms with Crippen LogP contribution in [-0.4, -0.2) is 31.8 Å².